The molecule has 0 unspecified atom stereocenters. The zero-order valence-electron chi connectivity index (χ0n) is 22.9. The molecule has 0 atom stereocenters. The molecule has 0 spiro atoms. The lowest BCUT2D eigenvalue weighted by molar-refractivity contribution is 0.445. The van der Waals surface area contributed by atoms with Crippen LogP contribution in [0.4, 0.5) is 16.0 Å². The van der Waals surface area contributed by atoms with Gasteiger partial charge in [-0.05, 0) is 87.2 Å². The lowest BCUT2D eigenvalue weighted by Gasteiger charge is -2.23. The molecule has 208 valence electrons. The maximum Gasteiger partial charge on any atom is 0.260 e. The van der Waals surface area contributed by atoms with Crippen LogP contribution in [0.1, 0.15) is 36.9 Å². The van der Waals surface area contributed by atoms with E-state index < -0.39 is 0 Å². The number of piperidine rings is 1. The SMILES string of the molecule is CCn1c(=O)c(-c2ccc(-c3cccnc3C)cc2Cl)cc2cnc(Nc3ccc(C4CCNCC4)c(F)c3)nc21. The predicted molar refractivity (Wildman–Crippen MR) is 162 cm³/mol. The number of hydrogen-bond donors (Lipinski definition) is 2. The number of nitrogens with one attached hydrogen (secondary N) is 2. The molecule has 0 radical (unpaired) electrons. The van der Waals surface area contributed by atoms with Crippen LogP contribution in [-0.4, -0.2) is 32.6 Å². The average Bonchev–Trinajstić information content (AvgIpc) is 2.98. The molecule has 2 aromatic carbocycles. The van der Waals surface area contributed by atoms with Gasteiger partial charge in [0.2, 0.25) is 5.95 Å². The highest BCUT2D eigenvalue weighted by molar-refractivity contribution is 6.33. The Balaban J connectivity index is 1.32. The molecule has 9 heteroatoms. The normalized spacial score (nSPS) is 14.0. The molecule has 7 nitrogen and oxygen atoms in total. The van der Waals surface area contributed by atoms with Crippen molar-refractivity contribution in [3.05, 3.63) is 99.4 Å². The molecule has 1 fully saturated rings. The molecule has 4 heterocycles. The van der Waals surface area contributed by atoms with Crippen LogP contribution in [0.5, 0.6) is 0 Å². The molecule has 0 amide bonds. The quantitative estimate of drug-likeness (QED) is 0.233. The fourth-order valence-corrected chi connectivity index (χ4v) is 5.88. The second kappa shape index (κ2) is 11.4. The molecule has 6 rings (SSSR count). The largest absolute Gasteiger partial charge is 0.324 e. The second-order valence-electron chi connectivity index (χ2n) is 10.3. The van der Waals surface area contributed by atoms with Gasteiger partial charge in [-0.3, -0.25) is 14.3 Å². The Labute approximate surface area is 242 Å². The number of benzene rings is 2. The Kier molecular flexibility index (Phi) is 7.51. The van der Waals surface area contributed by atoms with Crippen molar-refractivity contribution < 1.29 is 4.39 Å². The molecule has 0 bridgehead atoms. The Morgan fingerprint density at radius 2 is 1.88 bits per heavy atom. The van der Waals surface area contributed by atoms with Gasteiger partial charge in [-0.2, -0.15) is 4.98 Å². The zero-order valence-corrected chi connectivity index (χ0v) is 23.7. The summed E-state index contributed by atoms with van der Waals surface area (Å²) < 4.78 is 16.6. The standard InChI is InChI=1S/C32H30ClFN6O/c1-3-40-30-22(15-27(31(40)41)26-8-6-21(16-28(26)33)24-5-4-12-36-19(24)2)18-37-32(39-30)38-23-7-9-25(29(34)17-23)20-10-13-35-14-11-20/h4-9,12,15-18,20,35H,3,10-11,13-14H2,1-2H3,(H,37,38,39). The maximum atomic E-state index is 15.0. The minimum Gasteiger partial charge on any atom is -0.324 e. The summed E-state index contributed by atoms with van der Waals surface area (Å²) in [6.45, 7) is 6.05. The molecule has 1 aliphatic heterocycles. The van der Waals surface area contributed by atoms with Crippen LogP contribution in [0.25, 0.3) is 33.3 Å². The first-order valence-corrected chi connectivity index (χ1v) is 14.2. The van der Waals surface area contributed by atoms with E-state index in [2.05, 4.69) is 25.6 Å². The number of rotatable bonds is 6. The highest BCUT2D eigenvalue weighted by Crippen LogP contribution is 2.33. The van der Waals surface area contributed by atoms with Crippen LogP contribution >= 0.6 is 11.6 Å². The van der Waals surface area contributed by atoms with Crippen LogP contribution in [0.3, 0.4) is 0 Å². The third-order valence-electron chi connectivity index (χ3n) is 7.76. The Morgan fingerprint density at radius 3 is 2.61 bits per heavy atom. The summed E-state index contributed by atoms with van der Waals surface area (Å²) in [5.74, 6) is 0.272. The maximum absolute atomic E-state index is 15.0. The van der Waals surface area contributed by atoms with Gasteiger partial charge in [-0.15, -0.1) is 0 Å². The van der Waals surface area contributed by atoms with E-state index in [9.17, 15) is 9.18 Å². The Bertz CT molecular complexity index is 1820. The van der Waals surface area contributed by atoms with Crippen LogP contribution in [0.15, 0.2) is 71.8 Å². The number of fused-ring (bicyclic) bond motifs is 1. The summed E-state index contributed by atoms with van der Waals surface area (Å²) in [6, 6.07) is 16.5. The van der Waals surface area contributed by atoms with Crippen LogP contribution in [0, 0.1) is 12.7 Å². The van der Waals surface area contributed by atoms with Crippen molar-refractivity contribution in [2.24, 2.45) is 0 Å². The summed E-state index contributed by atoms with van der Waals surface area (Å²) in [6.07, 6.45) is 5.27. The summed E-state index contributed by atoms with van der Waals surface area (Å²) in [5, 5.41) is 7.59. The smallest absolute Gasteiger partial charge is 0.260 e. The van der Waals surface area contributed by atoms with E-state index >= 15 is 0 Å². The minimum atomic E-state index is -0.237. The van der Waals surface area contributed by atoms with Crippen LogP contribution in [0.2, 0.25) is 5.02 Å². The van der Waals surface area contributed by atoms with Gasteiger partial charge in [0.15, 0.2) is 0 Å². The van der Waals surface area contributed by atoms with Gasteiger partial charge in [0.05, 0.1) is 0 Å². The molecule has 2 N–H and O–H groups in total. The van der Waals surface area contributed by atoms with E-state index in [0.717, 1.165) is 48.3 Å². The highest BCUT2D eigenvalue weighted by atomic mass is 35.5. The number of aromatic nitrogens is 4. The van der Waals surface area contributed by atoms with Crippen molar-refractivity contribution in [1.29, 1.82) is 0 Å². The monoisotopic (exact) mass is 568 g/mol. The van der Waals surface area contributed by atoms with Crippen molar-refractivity contribution in [3.63, 3.8) is 0 Å². The highest BCUT2D eigenvalue weighted by Gasteiger charge is 2.19. The number of nitrogens with zero attached hydrogens (tertiary/aromatic N) is 4. The third kappa shape index (κ3) is 5.33. The molecular weight excluding hydrogens is 539 g/mol. The van der Waals surface area contributed by atoms with Gasteiger partial charge >= 0.3 is 0 Å². The van der Waals surface area contributed by atoms with Crippen LogP contribution in [-0.2, 0) is 6.54 Å². The average molecular weight is 569 g/mol. The van der Waals surface area contributed by atoms with Gasteiger partial charge < -0.3 is 10.6 Å². The molecule has 41 heavy (non-hydrogen) atoms. The first-order chi connectivity index (χ1) is 19.9. The van der Waals surface area contributed by atoms with E-state index in [0.29, 0.717) is 39.4 Å². The fourth-order valence-electron chi connectivity index (χ4n) is 5.59. The van der Waals surface area contributed by atoms with Gasteiger partial charge in [0.25, 0.3) is 5.56 Å². The fraction of sp³-hybridized carbons (Fsp3) is 0.250. The predicted octanol–water partition coefficient (Wildman–Crippen LogP) is 6.85. The second-order valence-corrected chi connectivity index (χ2v) is 10.7. The molecule has 3 aromatic heterocycles. The van der Waals surface area contributed by atoms with Gasteiger partial charge in [0.1, 0.15) is 11.5 Å². The lowest BCUT2D eigenvalue weighted by atomic mass is 9.90. The Morgan fingerprint density at radius 1 is 1.05 bits per heavy atom. The van der Waals surface area contributed by atoms with Gasteiger partial charge in [0, 0.05) is 57.4 Å². The summed E-state index contributed by atoms with van der Waals surface area (Å²) in [7, 11) is 0. The van der Waals surface area contributed by atoms with E-state index in [-0.39, 0.29) is 23.2 Å². The third-order valence-corrected chi connectivity index (χ3v) is 8.07. The summed E-state index contributed by atoms with van der Waals surface area (Å²) in [4.78, 5) is 27.1. The zero-order chi connectivity index (χ0) is 28.5. The van der Waals surface area contributed by atoms with Gasteiger partial charge in [-0.1, -0.05) is 35.9 Å². The first-order valence-electron chi connectivity index (χ1n) is 13.8. The van der Waals surface area contributed by atoms with Gasteiger partial charge in [-0.25, -0.2) is 9.37 Å². The first kappa shape index (κ1) is 27.1. The summed E-state index contributed by atoms with van der Waals surface area (Å²) >= 11 is 6.73. The topological polar surface area (TPSA) is 84.7 Å². The van der Waals surface area contributed by atoms with Crippen molar-refractivity contribution in [1.82, 2.24) is 24.8 Å². The number of anilines is 2. The molecule has 1 saturated heterocycles. The van der Waals surface area contributed by atoms with Crippen molar-refractivity contribution in [2.75, 3.05) is 18.4 Å². The number of halogens is 2. The number of pyridine rings is 2. The van der Waals surface area contributed by atoms with Crippen molar-refractivity contribution in [2.45, 2.75) is 39.2 Å². The van der Waals surface area contributed by atoms with Crippen molar-refractivity contribution in [3.8, 4) is 22.3 Å². The summed E-state index contributed by atoms with van der Waals surface area (Å²) in [5.41, 5.74) is 5.51. The lowest BCUT2D eigenvalue weighted by Crippen LogP contribution is -2.27. The van der Waals surface area contributed by atoms with E-state index in [1.54, 1.807) is 23.0 Å². The molecule has 0 saturated carbocycles. The number of aryl methyl sites for hydroxylation is 2. The van der Waals surface area contributed by atoms with Crippen molar-refractivity contribution >= 4 is 34.3 Å². The molecule has 0 aliphatic carbocycles. The van der Waals surface area contributed by atoms with Crippen LogP contribution < -0.4 is 16.2 Å². The van der Waals surface area contributed by atoms with E-state index in [1.807, 2.05) is 56.3 Å². The Hall–Kier alpha value is -4.14. The molecular formula is C32H30ClFN6O. The van der Waals surface area contributed by atoms with E-state index in [4.69, 9.17) is 11.6 Å². The minimum absolute atomic E-state index is 0.200. The molecule has 5 aromatic rings. The molecule has 1 aliphatic rings. The number of hydrogen-bond acceptors (Lipinski definition) is 6. The van der Waals surface area contributed by atoms with E-state index in [1.165, 1.54) is 6.07 Å².